The average Bonchev–Trinajstić information content (AvgIpc) is 2.62. The Hall–Kier alpha value is -3.54. The van der Waals surface area contributed by atoms with E-state index in [2.05, 4.69) is 5.32 Å². The van der Waals surface area contributed by atoms with E-state index in [0.717, 1.165) is 12.1 Å². The summed E-state index contributed by atoms with van der Waals surface area (Å²) >= 11 is 0. The van der Waals surface area contributed by atoms with Crippen molar-refractivity contribution < 1.29 is 23.1 Å². The normalized spacial score (nSPS) is 10.2. The van der Waals surface area contributed by atoms with Gasteiger partial charge in [-0.25, -0.2) is 13.6 Å². The van der Waals surface area contributed by atoms with Crippen molar-refractivity contribution in [3.05, 3.63) is 95.6 Å². The minimum Gasteiger partial charge on any atom is -0.423 e. The van der Waals surface area contributed by atoms with Crippen molar-refractivity contribution in [3.8, 4) is 5.75 Å². The van der Waals surface area contributed by atoms with Gasteiger partial charge in [-0.05, 0) is 48.5 Å². The van der Waals surface area contributed by atoms with E-state index >= 15 is 0 Å². The van der Waals surface area contributed by atoms with Crippen LogP contribution in [0, 0.1) is 11.6 Å². The largest absolute Gasteiger partial charge is 0.423 e. The minimum atomic E-state index is -0.724. The van der Waals surface area contributed by atoms with Gasteiger partial charge in [0.05, 0.1) is 5.56 Å². The van der Waals surface area contributed by atoms with Crippen LogP contribution in [0.25, 0.3) is 0 Å². The summed E-state index contributed by atoms with van der Waals surface area (Å²) in [6, 6.07) is 16.5. The first-order chi connectivity index (χ1) is 12.5. The molecule has 0 radical (unpaired) electrons. The van der Waals surface area contributed by atoms with E-state index in [0.29, 0.717) is 5.69 Å². The lowest BCUT2D eigenvalue weighted by Gasteiger charge is -2.08. The first-order valence-corrected chi connectivity index (χ1v) is 7.66. The standard InChI is InChI=1S/C20H13F2NO3/c21-15-6-1-4-13(10-15)19(24)23-17-8-3-9-18(12-17)26-20(25)14-5-2-7-16(22)11-14/h1-12H,(H,23,24). The molecule has 0 saturated carbocycles. The van der Waals surface area contributed by atoms with Crippen LogP contribution in [-0.4, -0.2) is 11.9 Å². The summed E-state index contributed by atoms with van der Waals surface area (Å²) in [7, 11) is 0. The molecule has 130 valence electrons. The summed E-state index contributed by atoms with van der Waals surface area (Å²) in [5.74, 6) is -2.11. The number of amides is 1. The van der Waals surface area contributed by atoms with Gasteiger partial charge in [-0.2, -0.15) is 0 Å². The number of hydrogen-bond donors (Lipinski definition) is 1. The van der Waals surface area contributed by atoms with Crippen LogP contribution in [0.3, 0.4) is 0 Å². The van der Waals surface area contributed by atoms with Gasteiger partial charge in [-0.15, -0.1) is 0 Å². The Morgan fingerprint density at radius 3 is 2.08 bits per heavy atom. The Bertz CT molecular complexity index is 898. The molecule has 4 nitrogen and oxygen atoms in total. The van der Waals surface area contributed by atoms with Crippen LogP contribution in [0.5, 0.6) is 5.75 Å². The van der Waals surface area contributed by atoms with Crippen molar-refractivity contribution in [3.63, 3.8) is 0 Å². The molecule has 0 unspecified atom stereocenters. The first-order valence-electron chi connectivity index (χ1n) is 7.66. The van der Waals surface area contributed by atoms with Crippen molar-refractivity contribution in [1.82, 2.24) is 0 Å². The summed E-state index contributed by atoms with van der Waals surface area (Å²) in [4.78, 5) is 24.2. The number of ether oxygens (including phenoxy) is 1. The molecule has 0 aliphatic rings. The zero-order valence-corrected chi connectivity index (χ0v) is 13.4. The van der Waals surface area contributed by atoms with Crippen molar-refractivity contribution in [2.45, 2.75) is 0 Å². The van der Waals surface area contributed by atoms with E-state index < -0.39 is 23.5 Å². The highest BCUT2D eigenvalue weighted by Crippen LogP contribution is 2.20. The molecule has 0 heterocycles. The van der Waals surface area contributed by atoms with Crippen molar-refractivity contribution in [2.24, 2.45) is 0 Å². The lowest BCUT2D eigenvalue weighted by molar-refractivity contribution is 0.0734. The van der Waals surface area contributed by atoms with Gasteiger partial charge < -0.3 is 10.1 Å². The highest BCUT2D eigenvalue weighted by Gasteiger charge is 2.11. The molecule has 0 bridgehead atoms. The molecule has 0 aliphatic carbocycles. The molecule has 3 aromatic rings. The van der Waals surface area contributed by atoms with E-state index in [1.807, 2.05) is 0 Å². The third kappa shape index (κ3) is 4.30. The second-order valence-corrected chi connectivity index (χ2v) is 5.39. The Balaban J connectivity index is 1.72. The zero-order valence-electron chi connectivity index (χ0n) is 13.4. The molecular weight excluding hydrogens is 340 g/mol. The fourth-order valence-corrected chi connectivity index (χ4v) is 2.25. The lowest BCUT2D eigenvalue weighted by atomic mass is 10.2. The molecule has 0 atom stereocenters. The molecule has 3 aromatic carbocycles. The maximum Gasteiger partial charge on any atom is 0.343 e. The summed E-state index contributed by atoms with van der Waals surface area (Å²) in [6.45, 7) is 0. The van der Waals surface area contributed by atoms with Gasteiger partial charge in [-0.3, -0.25) is 4.79 Å². The van der Waals surface area contributed by atoms with Crippen LogP contribution in [0.15, 0.2) is 72.8 Å². The van der Waals surface area contributed by atoms with E-state index in [9.17, 15) is 18.4 Å². The van der Waals surface area contributed by atoms with Crippen LogP contribution in [0.4, 0.5) is 14.5 Å². The fourth-order valence-electron chi connectivity index (χ4n) is 2.25. The van der Waals surface area contributed by atoms with Crippen LogP contribution < -0.4 is 10.1 Å². The maximum absolute atomic E-state index is 13.2. The smallest absolute Gasteiger partial charge is 0.343 e. The molecule has 0 aliphatic heterocycles. The second kappa shape index (κ2) is 7.57. The summed E-state index contributed by atoms with van der Waals surface area (Å²) in [5, 5.41) is 2.59. The van der Waals surface area contributed by atoms with Crippen molar-refractivity contribution >= 4 is 17.6 Å². The van der Waals surface area contributed by atoms with Crippen LogP contribution >= 0.6 is 0 Å². The monoisotopic (exact) mass is 353 g/mol. The number of hydrogen-bond acceptors (Lipinski definition) is 3. The number of carbonyl (C=O) groups excluding carboxylic acids is 2. The molecule has 26 heavy (non-hydrogen) atoms. The molecule has 1 N–H and O–H groups in total. The van der Waals surface area contributed by atoms with Gasteiger partial charge in [-0.1, -0.05) is 18.2 Å². The molecule has 1 amide bonds. The quantitative estimate of drug-likeness (QED) is 0.557. The Morgan fingerprint density at radius 2 is 1.38 bits per heavy atom. The van der Waals surface area contributed by atoms with E-state index in [1.165, 1.54) is 48.5 Å². The number of halogens is 2. The van der Waals surface area contributed by atoms with Crippen LogP contribution in [0.1, 0.15) is 20.7 Å². The molecule has 0 saturated heterocycles. The Kier molecular flexibility index (Phi) is 5.03. The second-order valence-electron chi connectivity index (χ2n) is 5.39. The van der Waals surface area contributed by atoms with Gasteiger partial charge in [0.15, 0.2) is 0 Å². The topological polar surface area (TPSA) is 55.4 Å². The summed E-state index contributed by atoms with van der Waals surface area (Å²) in [5.41, 5.74) is 0.593. The predicted octanol–water partition coefficient (Wildman–Crippen LogP) is 4.44. The lowest BCUT2D eigenvalue weighted by Crippen LogP contribution is -2.13. The highest BCUT2D eigenvalue weighted by molar-refractivity contribution is 6.04. The van der Waals surface area contributed by atoms with Gasteiger partial charge in [0.25, 0.3) is 5.91 Å². The number of carbonyl (C=O) groups is 2. The van der Waals surface area contributed by atoms with Crippen LogP contribution in [0.2, 0.25) is 0 Å². The number of rotatable bonds is 4. The first kappa shape index (κ1) is 17.3. The zero-order chi connectivity index (χ0) is 18.5. The third-order valence-corrected chi connectivity index (χ3v) is 3.45. The van der Waals surface area contributed by atoms with E-state index in [1.54, 1.807) is 12.1 Å². The van der Waals surface area contributed by atoms with E-state index in [-0.39, 0.29) is 16.9 Å². The molecule has 0 spiro atoms. The Morgan fingerprint density at radius 1 is 0.769 bits per heavy atom. The summed E-state index contributed by atoms with van der Waals surface area (Å²) < 4.78 is 31.6. The molecule has 6 heteroatoms. The number of nitrogens with one attached hydrogen (secondary N) is 1. The van der Waals surface area contributed by atoms with E-state index in [4.69, 9.17) is 4.74 Å². The van der Waals surface area contributed by atoms with Gasteiger partial charge in [0, 0.05) is 17.3 Å². The molecule has 0 fully saturated rings. The molecule has 0 aromatic heterocycles. The van der Waals surface area contributed by atoms with Crippen molar-refractivity contribution in [1.29, 1.82) is 0 Å². The maximum atomic E-state index is 13.2. The van der Waals surface area contributed by atoms with Gasteiger partial charge >= 0.3 is 5.97 Å². The molecular formula is C20H13F2NO3. The highest BCUT2D eigenvalue weighted by atomic mass is 19.1. The predicted molar refractivity (Wildman–Crippen MR) is 92.2 cm³/mol. The third-order valence-electron chi connectivity index (χ3n) is 3.45. The summed E-state index contributed by atoms with van der Waals surface area (Å²) in [6.07, 6.45) is 0. The number of benzene rings is 3. The van der Waals surface area contributed by atoms with Crippen molar-refractivity contribution in [2.75, 3.05) is 5.32 Å². The van der Waals surface area contributed by atoms with Gasteiger partial charge in [0.2, 0.25) is 0 Å². The number of esters is 1. The van der Waals surface area contributed by atoms with Gasteiger partial charge in [0.1, 0.15) is 17.4 Å². The number of anilines is 1. The fraction of sp³-hybridized carbons (Fsp3) is 0. The Labute approximate surface area is 148 Å². The van der Waals surface area contributed by atoms with Crippen LogP contribution in [-0.2, 0) is 0 Å². The average molecular weight is 353 g/mol. The molecule has 3 rings (SSSR count). The SMILES string of the molecule is O=C(Nc1cccc(OC(=O)c2cccc(F)c2)c1)c1cccc(F)c1. The minimum absolute atomic E-state index is 0.0687.